The Labute approximate surface area is 167 Å². The number of rotatable bonds is 9. The molecule has 2 aromatic carbocycles. The maximum absolute atomic E-state index is 6.32. The Kier molecular flexibility index (Phi) is 7.38. The van der Waals surface area contributed by atoms with Crippen LogP contribution in [-0.4, -0.2) is 27.9 Å². The van der Waals surface area contributed by atoms with Gasteiger partial charge in [-0.3, -0.25) is 0 Å². The van der Waals surface area contributed by atoms with Crippen LogP contribution < -0.4 is 24.7 Å². The fourth-order valence-corrected chi connectivity index (χ4v) is 3.21. The summed E-state index contributed by atoms with van der Waals surface area (Å²) >= 11 is 0. The van der Waals surface area contributed by atoms with Crippen molar-refractivity contribution in [3.8, 4) is 23.0 Å². The Morgan fingerprint density at radius 3 is 2.14 bits per heavy atom. The monoisotopic (exact) mass is 383 g/mol. The van der Waals surface area contributed by atoms with Gasteiger partial charge in [0.2, 0.25) is 5.75 Å². The molecule has 0 aromatic heterocycles. The van der Waals surface area contributed by atoms with Gasteiger partial charge in [0.25, 0.3) is 0 Å². The van der Waals surface area contributed by atoms with Crippen molar-refractivity contribution < 1.29 is 18.9 Å². The van der Waals surface area contributed by atoms with Crippen LogP contribution in [0.2, 0.25) is 0 Å². The van der Waals surface area contributed by atoms with Gasteiger partial charge in [0.15, 0.2) is 11.5 Å². The number of nitrogens with two attached hydrogens (primary N) is 1. The summed E-state index contributed by atoms with van der Waals surface area (Å²) in [6.07, 6.45) is 4.51. The number of hydrogen-bond acceptors (Lipinski definition) is 5. The first-order chi connectivity index (χ1) is 13.5. The molecule has 2 aromatic rings. The summed E-state index contributed by atoms with van der Waals surface area (Å²) in [5.41, 5.74) is 10.9. The highest BCUT2D eigenvalue weighted by molar-refractivity contribution is 5.83. The summed E-state index contributed by atoms with van der Waals surface area (Å²) in [6.45, 7) is 8.43. The molecule has 0 unspecified atom stereocenters. The Balaban J connectivity index is 2.49. The third-order valence-electron chi connectivity index (χ3n) is 4.56. The Morgan fingerprint density at radius 1 is 1.04 bits per heavy atom. The second-order valence-corrected chi connectivity index (χ2v) is 6.10. The number of hydrogen-bond donors (Lipinski definition) is 1. The van der Waals surface area contributed by atoms with E-state index in [1.54, 1.807) is 27.4 Å². The number of benzene rings is 2. The molecule has 0 aliphatic rings. The van der Waals surface area contributed by atoms with Crippen molar-refractivity contribution in [2.75, 3.05) is 33.7 Å². The molecule has 0 saturated heterocycles. The number of ether oxygens (including phenoxy) is 4. The minimum atomic E-state index is 0.558. The van der Waals surface area contributed by atoms with Crippen LogP contribution in [0.15, 0.2) is 36.9 Å². The number of anilines is 1. The zero-order chi connectivity index (χ0) is 20.7. The summed E-state index contributed by atoms with van der Waals surface area (Å²) in [5, 5.41) is 0. The second-order valence-electron chi connectivity index (χ2n) is 6.10. The molecular formula is C23H29NO4. The average molecular weight is 383 g/mol. The molecule has 0 radical (unpaired) electrons. The Hall–Kier alpha value is -3.08. The van der Waals surface area contributed by atoms with Crippen LogP contribution in [0.25, 0.3) is 11.6 Å². The lowest BCUT2D eigenvalue weighted by molar-refractivity contribution is 0.324. The minimum absolute atomic E-state index is 0.558. The van der Waals surface area contributed by atoms with Gasteiger partial charge in [-0.15, -0.1) is 0 Å². The maximum Gasteiger partial charge on any atom is 0.203 e. The lowest BCUT2D eigenvalue weighted by Gasteiger charge is -2.18. The molecule has 150 valence electrons. The van der Waals surface area contributed by atoms with Crippen molar-refractivity contribution in [2.45, 2.75) is 20.3 Å². The number of nitrogen functional groups attached to an aromatic ring is 1. The number of allylic oxidation sites excluding steroid dienone is 2. The summed E-state index contributed by atoms with van der Waals surface area (Å²) < 4.78 is 22.0. The van der Waals surface area contributed by atoms with Gasteiger partial charge in [-0.05, 0) is 55.2 Å². The van der Waals surface area contributed by atoms with E-state index in [1.807, 2.05) is 38.1 Å². The highest BCUT2D eigenvalue weighted by Crippen LogP contribution is 2.40. The van der Waals surface area contributed by atoms with Crippen molar-refractivity contribution in [2.24, 2.45) is 0 Å². The van der Waals surface area contributed by atoms with Crippen molar-refractivity contribution in [3.05, 3.63) is 53.6 Å². The van der Waals surface area contributed by atoms with Gasteiger partial charge >= 0.3 is 0 Å². The molecule has 5 nitrogen and oxygen atoms in total. The molecule has 0 aliphatic carbocycles. The highest BCUT2D eigenvalue weighted by Gasteiger charge is 2.16. The Morgan fingerprint density at radius 2 is 1.68 bits per heavy atom. The van der Waals surface area contributed by atoms with Crippen LogP contribution >= 0.6 is 0 Å². The molecule has 0 atom stereocenters. The molecule has 2 N–H and O–H groups in total. The first-order valence-electron chi connectivity index (χ1n) is 9.16. The van der Waals surface area contributed by atoms with Crippen LogP contribution in [-0.2, 0) is 6.42 Å². The molecular weight excluding hydrogens is 354 g/mol. The molecule has 0 bridgehead atoms. The first kappa shape index (κ1) is 21.2. The molecule has 0 heterocycles. The van der Waals surface area contributed by atoms with E-state index in [0.29, 0.717) is 41.7 Å². The standard InChI is InChI=1S/C23H29NO4/c1-7-16(18-10-11-19(28-9-3)22(24)17(18)8-2)12-15-13-20(25-4)23(27-6)21(14-15)26-5/h7-8,10-11,13-14H,2,9,12,24H2,1,3-6H3/b16-7-. The van der Waals surface area contributed by atoms with E-state index in [9.17, 15) is 0 Å². The summed E-state index contributed by atoms with van der Waals surface area (Å²) in [6, 6.07) is 7.83. The first-order valence-corrected chi connectivity index (χ1v) is 9.16. The van der Waals surface area contributed by atoms with Gasteiger partial charge in [-0.1, -0.05) is 24.8 Å². The van der Waals surface area contributed by atoms with Crippen LogP contribution in [0.3, 0.4) is 0 Å². The van der Waals surface area contributed by atoms with E-state index in [4.69, 9.17) is 24.7 Å². The van der Waals surface area contributed by atoms with Gasteiger partial charge in [0.1, 0.15) is 5.75 Å². The van der Waals surface area contributed by atoms with Gasteiger partial charge < -0.3 is 24.7 Å². The van der Waals surface area contributed by atoms with Crippen LogP contribution in [0.1, 0.15) is 30.5 Å². The van der Waals surface area contributed by atoms with Crippen LogP contribution in [0, 0.1) is 0 Å². The predicted molar refractivity (Wildman–Crippen MR) is 116 cm³/mol. The van der Waals surface area contributed by atoms with Gasteiger partial charge in [-0.2, -0.15) is 0 Å². The molecule has 0 saturated carbocycles. The minimum Gasteiger partial charge on any atom is -0.493 e. The van der Waals surface area contributed by atoms with Gasteiger partial charge in [0, 0.05) is 5.56 Å². The predicted octanol–water partition coefficient (Wildman–Crippen LogP) is 4.98. The third kappa shape index (κ3) is 4.25. The van der Waals surface area contributed by atoms with Crippen molar-refractivity contribution in [3.63, 3.8) is 0 Å². The molecule has 2 rings (SSSR count). The molecule has 0 spiro atoms. The normalized spacial score (nSPS) is 11.1. The average Bonchev–Trinajstić information content (AvgIpc) is 2.72. The molecule has 5 heteroatoms. The van der Waals surface area contributed by atoms with Crippen molar-refractivity contribution in [1.29, 1.82) is 0 Å². The lowest BCUT2D eigenvalue weighted by atomic mass is 9.92. The van der Waals surface area contributed by atoms with Gasteiger partial charge in [0.05, 0.1) is 33.6 Å². The number of methoxy groups -OCH3 is 3. The fraction of sp³-hybridized carbons (Fsp3) is 0.304. The van der Waals surface area contributed by atoms with E-state index in [0.717, 1.165) is 22.3 Å². The van der Waals surface area contributed by atoms with E-state index < -0.39 is 0 Å². The van der Waals surface area contributed by atoms with E-state index in [2.05, 4.69) is 12.7 Å². The zero-order valence-corrected chi connectivity index (χ0v) is 17.3. The van der Waals surface area contributed by atoms with E-state index in [-0.39, 0.29) is 0 Å². The smallest absolute Gasteiger partial charge is 0.203 e. The topological polar surface area (TPSA) is 62.9 Å². The van der Waals surface area contributed by atoms with E-state index >= 15 is 0 Å². The summed E-state index contributed by atoms with van der Waals surface area (Å²) in [7, 11) is 4.82. The Bertz CT molecular complexity index is 846. The zero-order valence-electron chi connectivity index (χ0n) is 17.3. The molecule has 28 heavy (non-hydrogen) atoms. The third-order valence-corrected chi connectivity index (χ3v) is 4.56. The molecule has 0 aliphatic heterocycles. The molecule has 0 fully saturated rings. The quantitative estimate of drug-likeness (QED) is 0.619. The highest BCUT2D eigenvalue weighted by atomic mass is 16.5. The molecule has 0 amide bonds. The lowest BCUT2D eigenvalue weighted by Crippen LogP contribution is -2.03. The fourth-order valence-electron chi connectivity index (χ4n) is 3.21. The SMILES string of the molecule is C=Cc1c(/C(=C\C)Cc2cc(OC)c(OC)c(OC)c2)ccc(OCC)c1N. The summed E-state index contributed by atoms with van der Waals surface area (Å²) in [4.78, 5) is 0. The largest absolute Gasteiger partial charge is 0.493 e. The van der Waals surface area contributed by atoms with Crippen LogP contribution in [0.4, 0.5) is 5.69 Å². The van der Waals surface area contributed by atoms with Crippen molar-refractivity contribution >= 4 is 17.3 Å². The summed E-state index contributed by atoms with van der Waals surface area (Å²) in [5.74, 6) is 2.50. The van der Waals surface area contributed by atoms with E-state index in [1.165, 1.54) is 0 Å². The van der Waals surface area contributed by atoms with Gasteiger partial charge in [-0.25, -0.2) is 0 Å². The van der Waals surface area contributed by atoms with Crippen molar-refractivity contribution in [1.82, 2.24) is 0 Å². The van der Waals surface area contributed by atoms with Crippen LogP contribution in [0.5, 0.6) is 23.0 Å². The second kappa shape index (κ2) is 9.74. The maximum atomic E-state index is 6.32.